The minimum Gasteiger partial charge on any atom is -0.103 e. The zero-order valence-electron chi connectivity index (χ0n) is 5.43. The first-order chi connectivity index (χ1) is 3.91. The van der Waals surface area contributed by atoms with Crippen LogP contribution in [0.25, 0.3) is 0 Å². The van der Waals surface area contributed by atoms with Crippen LogP contribution in [-0.4, -0.2) is 0 Å². The Kier molecular flexibility index (Phi) is 6.06. The fraction of sp³-hybridized carbons (Fsp3) is 0.375. The first kappa shape index (κ1) is 7.48. The number of rotatable bonds is 4. The molecule has 0 atom stereocenters. The van der Waals surface area contributed by atoms with E-state index < -0.39 is 0 Å². The SMILES string of the molecule is C=C[CH]C/C=C/CC. The highest BCUT2D eigenvalue weighted by Crippen LogP contribution is 1.90. The van der Waals surface area contributed by atoms with Gasteiger partial charge < -0.3 is 0 Å². The van der Waals surface area contributed by atoms with Crippen LogP contribution in [0.2, 0.25) is 0 Å². The third kappa shape index (κ3) is 5.48. The second-order valence-corrected chi connectivity index (χ2v) is 1.59. The van der Waals surface area contributed by atoms with Crippen molar-refractivity contribution in [3.63, 3.8) is 0 Å². The average molecular weight is 109 g/mol. The average Bonchev–Trinajstić information content (AvgIpc) is 1.81. The molecule has 0 aliphatic rings. The molecule has 1 radical (unpaired) electrons. The van der Waals surface area contributed by atoms with Crippen LogP contribution < -0.4 is 0 Å². The predicted molar refractivity (Wildman–Crippen MR) is 38.5 cm³/mol. The molecule has 0 aromatic heterocycles. The van der Waals surface area contributed by atoms with E-state index in [0.717, 1.165) is 12.8 Å². The molecule has 0 aliphatic carbocycles. The summed E-state index contributed by atoms with van der Waals surface area (Å²) in [7, 11) is 0. The van der Waals surface area contributed by atoms with Crippen LogP contribution in [0, 0.1) is 6.42 Å². The van der Waals surface area contributed by atoms with Crippen molar-refractivity contribution in [3.05, 3.63) is 31.2 Å². The summed E-state index contributed by atoms with van der Waals surface area (Å²) in [6, 6.07) is 0. The zero-order valence-corrected chi connectivity index (χ0v) is 5.43. The summed E-state index contributed by atoms with van der Waals surface area (Å²) in [6.45, 7) is 5.70. The molecule has 0 saturated carbocycles. The van der Waals surface area contributed by atoms with Gasteiger partial charge in [0.25, 0.3) is 0 Å². The highest BCUT2D eigenvalue weighted by molar-refractivity contribution is 4.94. The first-order valence-electron chi connectivity index (χ1n) is 3.01. The lowest BCUT2D eigenvalue weighted by Crippen LogP contribution is -1.62. The van der Waals surface area contributed by atoms with Gasteiger partial charge in [0.2, 0.25) is 0 Å². The fourth-order valence-electron chi connectivity index (χ4n) is 0.438. The summed E-state index contributed by atoms with van der Waals surface area (Å²) < 4.78 is 0. The molecule has 0 N–H and O–H groups in total. The van der Waals surface area contributed by atoms with Crippen LogP contribution in [0.4, 0.5) is 0 Å². The van der Waals surface area contributed by atoms with E-state index in [4.69, 9.17) is 0 Å². The summed E-state index contributed by atoms with van der Waals surface area (Å²) in [5, 5.41) is 0. The van der Waals surface area contributed by atoms with Gasteiger partial charge in [0.05, 0.1) is 0 Å². The second-order valence-electron chi connectivity index (χ2n) is 1.59. The number of allylic oxidation sites excluding steroid dienone is 3. The van der Waals surface area contributed by atoms with Crippen molar-refractivity contribution in [1.82, 2.24) is 0 Å². The Hall–Kier alpha value is -0.520. The summed E-state index contributed by atoms with van der Waals surface area (Å²) in [5.74, 6) is 0. The first-order valence-corrected chi connectivity index (χ1v) is 3.01. The molecule has 0 amide bonds. The lowest BCUT2D eigenvalue weighted by atomic mass is 10.3. The Morgan fingerprint density at radius 3 is 2.62 bits per heavy atom. The molecule has 0 aliphatic heterocycles. The second kappa shape index (κ2) is 6.48. The molecule has 0 heteroatoms. The van der Waals surface area contributed by atoms with Crippen molar-refractivity contribution < 1.29 is 0 Å². The quantitative estimate of drug-likeness (QED) is 0.384. The maximum Gasteiger partial charge on any atom is -0.0136 e. The number of hydrogen-bond acceptors (Lipinski definition) is 0. The van der Waals surface area contributed by atoms with Crippen LogP contribution in [0.15, 0.2) is 24.8 Å². The van der Waals surface area contributed by atoms with E-state index in [2.05, 4.69) is 25.7 Å². The normalized spacial score (nSPS) is 10.1. The topological polar surface area (TPSA) is 0 Å². The molecule has 45 valence electrons. The van der Waals surface area contributed by atoms with Gasteiger partial charge >= 0.3 is 0 Å². The molecule has 0 saturated heterocycles. The molecule has 0 unspecified atom stereocenters. The molecule has 0 aromatic rings. The van der Waals surface area contributed by atoms with Gasteiger partial charge in [-0.25, -0.2) is 0 Å². The predicted octanol–water partition coefficient (Wildman–Crippen LogP) is 2.73. The van der Waals surface area contributed by atoms with E-state index in [1.54, 1.807) is 0 Å². The molecule has 0 spiro atoms. The molecule has 0 rings (SSSR count). The summed E-state index contributed by atoms with van der Waals surface area (Å²) >= 11 is 0. The lowest BCUT2D eigenvalue weighted by molar-refractivity contribution is 1.18. The third-order valence-corrected chi connectivity index (χ3v) is 0.841. The van der Waals surface area contributed by atoms with Crippen molar-refractivity contribution in [2.24, 2.45) is 0 Å². The van der Waals surface area contributed by atoms with Gasteiger partial charge in [-0.05, 0) is 19.3 Å². The minimum atomic E-state index is 1.03. The van der Waals surface area contributed by atoms with Gasteiger partial charge in [0.1, 0.15) is 0 Å². The number of hydrogen-bond donors (Lipinski definition) is 0. The van der Waals surface area contributed by atoms with Crippen molar-refractivity contribution in [3.8, 4) is 0 Å². The van der Waals surface area contributed by atoms with Crippen molar-refractivity contribution >= 4 is 0 Å². The molecule has 0 aromatic carbocycles. The monoisotopic (exact) mass is 109 g/mol. The largest absolute Gasteiger partial charge is 0.103 e. The lowest BCUT2D eigenvalue weighted by Gasteiger charge is -1.81. The number of unbranched alkanes of at least 4 members (excludes halogenated alkanes) is 1. The third-order valence-electron chi connectivity index (χ3n) is 0.841. The highest BCUT2D eigenvalue weighted by atomic mass is 13.8. The smallest absolute Gasteiger partial charge is 0.0136 e. The Morgan fingerprint density at radius 2 is 2.12 bits per heavy atom. The van der Waals surface area contributed by atoms with Gasteiger partial charge in [-0.3, -0.25) is 0 Å². The van der Waals surface area contributed by atoms with Crippen molar-refractivity contribution in [2.45, 2.75) is 19.8 Å². The van der Waals surface area contributed by atoms with E-state index in [9.17, 15) is 0 Å². The van der Waals surface area contributed by atoms with Crippen LogP contribution in [-0.2, 0) is 0 Å². The maximum atomic E-state index is 3.57. The highest BCUT2D eigenvalue weighted by Gasteiger charge is 1.71. The van der Waals surface area contributed by atoms with Gasteiger partial charge in [0, 0.05) is 0 Å². The molecular formula is C8H13. The zero-order chi connectivity index (χ0) is 6.24. The fourth-order valence-corrected chi connectivity index (χ4v) is 0.438. The Morgan fingerprint density at radius 1 is 1.38 bits per heavy atom. The van der Waals surface area contributed by atoms with Crippen molar-refractivity contribution in [1.29, 1.82) is 0 Å². The van der Waals surface area contributed by atoms with E-state index in [-0.39, 0.29) is 0 Å². The summed E-state index contributed by atoms with van der Waals surface area (Å²) in [4.78, 5) is 0. The molecule has 0 bridgehead atoms. The van der Waals surface area contributed by atoms with Crippen LogP contribution >= 0.6 is 0 Å². The molecule has 0 nitrogen and oxygen atoms in total. The molecular weight excluding hydrogens is 96.1 g/mol. The summed E-state index contributed by atoms with van der Waals surface area (Å²) in [5.41, 5.74) is 0. The van der Waals surface area contributed by atoms with E-state index in [1.165, 1.54) is 0 Å². The van der Waals surface area contributed by atoms with E-state index in [0.29, 0.717) is 0 Å². The Labute approximate surface area is 51.9 Å². The van der Waals surface area contributed by atoms with Gasteiger partial charge in [-0.2, -0.15) is 0 Å². The minimum absolute atomic E-state index is 1.03. The van der Waals surface area contributed by atoms with E-state index in [1.807, 2.05) is 12.5 Å². The standard InChI is InChI=1S/C8H13/c1-3-5-7-8-6-4-2/h3,5-6,8H,1,4,7H2,2H3/b8-6+. The Balaban J connectivity index is 2.90. The van der Waals surface area contributed by atoms with Crippen molar-refractivity contribution in [2.75, 3.05) is 0 Å². The molecule has 0 fully saturated rings. The summed E-state index contributed by atoms with van der Waals surface area (Å²) in [6.07, 6.45) is 10.3. The van der Waals surface area contributed by atoms with Crippen LogP contribution in [0.1, 0.15) is 19.8 Å². The van der Waals surface area contributed by atoms with Crippen LogP contribution in [0.3, 0.4) is 0 Å². The van der Waals surface area contributed by atoms with Gasteiger partial charge in [0.15, 0.2) is 0 Å². The van der Waals surface area contributed by atoms with Crippen LogP contribution in [0.5, 0.6) is 0 Å². The van der Waals surface area contributed by atoms with Gasteiger partial charge in [-0.15, -0.1) is 6.58 Å². The molecule has 0 heterocycles. The maximum absolute atomic E-state index is 3.57. The Bertz CT molecular complexity index is 70.1. The van der Waals surface area contributed by atoms with E-state index >= 15 is 0 Å². The van der Waals surface area contributed by atoms with Gasteiger partial charge in [-0.1, -0.05) is 25.2 Å². The molecule has 8 heavy (non-hydrogen) atoms.